The summed E-state index contributed by atoms with van der Waals surface area (Å²) in [6.45, 7) is 16.8. The molecular weight excluding hydrogens is 734 g/mol. The third kappa shape index (κ3) is 12.4. The molecule has 324 valence electrons. The van der Waals surface area contributed by atoms with Crippen LogP contribution in [0.2, 0.25) is 0 Å². The number of hydrogen-bond donors (Lipinski definition) is 3. The zero-order valence-electron chi connectivity index (χ0n) is 36.0. The predicted octanol–water partition coefficient (Wildman–Crippen LogP) is 4.89. The Hall–Kier alpha value is -2.78. The minimum absolute atomic E-state index is 0.0136. The number of allylic oxidation sites excluding steroid dienone is 4. The molecule has 3 fully saturated rings. The van der Waals surface area contributed by atoms with E-state index in [1.54, 1.807) is 34.0 Å². The smallest absolute Gasteiger partial charge is 0.329 e. The molecule has 2 aliphatic heterocycles. The number of Topliss-reactive ketones (excluding diaryl/α,β-unsaturated/α-hetero) is 2. The van der Waals surface area contributed by atoms with Gasteiger partial charge in [0.05, 0.1) is 30.5 Å². The molecule has 1 amide bonds. The second kappa shape index (κ2) is 22.0. The van der Waals surface area contributed by atoms with Crippen molar-refractivity contribution in [3.63, 3.8) is 0 Å². The molecular formula is C44H71NO12. The SMILES string of the molecule is C=CCC(C=C(C)C)C(=O)CC(O)C(C)C(OC(=O)C1CCCN1C(=O)C(=O)C1(O)OC(C(CC(C)C)OC)C(OC)CC1C)/C(C)=C/C1CCC(O)C(OC)C1. The molecule has 57 heavy (non-hydrogen) atoms. The van der Waals surface area contributed by atoms with E-state index in [2.05, 4.69) is 6.58 Å². The van der Waals surface area contributed by atoms with E-state index in [0.29, 0.717) is 44.1 Å². The lowest BCUT2D eigenvalue weighted by atomic mass is 9.82. The Bertz CT molecular complexity index is 1440. The van der Waals surface area contributed by atoms with Gasteiger partial charge in [0.25, 0.3) is 11.7 Å². The van der Waals surface area contributed by atoms with Crippen molar-refractivity contribution >= 4 is 23.4 Å². The number of esters is 1. The van der Waals surface area contributed by atoms with Crippen LogP contribution in [0.15, 0.2) is 36.0 Å². The number of amides is 1. The predicted molar refractivity (Wildman–Crippen MR) is 215 cm³/mol. The summed E-state index contributed by atoms with van der Waals surface area (Å²) >= 11 is 0. The molecule has 0 aromatic heterocycles. The van der Waals surface area contributed by atoms with Crippen LogP contribution >= 0.6 is 0 Å². The van der Waals surface area contributed by atoms with Crippen LogP contribution in [0.4, 0.5) is 0 Å². The molecule has 0 spiro atoms. The summed E-state index contributed by atoms with van der Waals surface area (Å²) in [4.78, 5) is 56.8. The Morgan fingerprint density at radius 1 is 1.00 bits per heavy atom. The molecule has 13 heteroatoms. The highest BCUT2D eigenvalue weighted by molar-refractivity contribution is 6.39. The summed E-state index contributed by atoms with van der Waals surface area (Å²) in [5, 5.41) is 33.8. The van der Waals surface area contributed by atoms with Crippen LogP contribution in [0, 0.1) is 29.6 Å². The van der Waals surface area contributed by atoms with Crippen molar-refractivity contribution < 1.29 is 58.2 Å². The second-order valence-electron chi connectivity index (χ2n) is 17.2. The van der Waals surface area contributed by atoms with E-state index >= 15 is 0 Å². The van der Waals surface area contributed by atoms with E-state index in [9.17, 15) is 34.5 Å². The third-order valence-electron chi connectivity index (χ3n) is 12.1. The summed E-state index contributed by atoms with van der Waals surface area (Å²) in [6, 6.07) is -1.14. The van der Waals surface area contributed by atoms with Gasteiger partial charge in [-0.3, -0.25) is 14.4 Å². The van der Waals surface area contributed by atoms with Gasteiger partial charge in [-0.25, -0.2) is 4.79 Å². The first-order valence-electron chi connectivity index (χ1n) is 20.7. The maximum Gasteiger partial charge on any atom is 0.329 e. The Kier molecular flexibility index (Phi) is 18.8. The number of methoxy groups -OCH3 is 3. The van der Waals surface area contributed by atoms with Crippen molar-refractivity contribution in [3.8, 4) is 0 Å². The molecule has 1 saturated carbocycles. The summed E-state index contributed by atoms with van der Waals surface area (Å²) in [6.07, 6.45) is 3.89. The van der Waals surface area contributed by atoms with Crippen molar-refractivity contribution in [2.45, 2.75) is 161 Å². The average Bonchev–Trinajstić information content (AvgIpc) is 3.66. The van der Waals surface area contributed by atoms with Gasteiger partial charge in [-0.15, -0.1) is 6.58 Å². The lowest BCUT2D eigenvalue weighted by molar-refractivity contribution is -0.302. The van der Waals surface area contributed by atoms with Crippen LogP contribution in [0.1, 0.15) is 106 Å². The maximum absolute atomic E-state index is 14.2. The molecule has 3 N–H and O–H groups in total. The molecule has 0 bridgehead atoms. The number of rotatable bonds is 20. The Morgan fingerprint density at radius 3 is 2.25 bits per heavy atom. The summed E-state index contributed by atoms with van der Waals surface area (Å²) in [7, 11) is 4.60. The van der Waals surface area contributed by atoms with Gasteiger partial charge in [0, 0.05) is 52.0 Å². The monoisotopic (exact) mass is 805 g/mol. The standard InChI is InChI=1S/C44H71NO12/c1-12-14-31(19-25(2)3)35(48)24-34(47)29(8)39(27(6)21-30-16-17-33(46)36(23-30)53-9)56-43(51)32-15-13-18-45(32)42(50)41(49)44(52)28(7)22-38(55-11)40(57-44)37(54-10)20-26(4)5/h12,19,21,26,28-34,36-40,46-47,52H,1,13-18,20,22-24H2,2-11H3/b27-21+. The van der Waals surface area contributed by atoms with Crippen LogP contribution < -0.4 is 0 Å². The molecule has 13 nitrogen and oxygen atoms in total. The molecule has 3 aliphatic rings. The van der Waals surface area contributed by atoms with Gasteiger partial charge in [-0.2, -0.15) is 0 Å². The fourth-order valence-electron chi connectivity index (χ4n) is 8.69. The quantitative estimate of drug-likeness (QED) is 0.0865. The van der Waals surface area contributed by atoms with Crippen LogP contribution in [0.3, 0.4) is 0 Å². The highest BCUT2D eigenvalue weighted by atomic mass is 16.7. The number of aliphatic hydroxyl groups is 3. The van der Waals surface area contributed by atoms with Crippen LogP contribution in [0.5, 0.6) is 0 Å². The van der Waals surface area contributed by atoms with E-state index in [0.717, 1.165) is 10.5 Å². The lowest BCUT2D eigenvalue weighted by Gasteiger charge is -2.46. The third-order valence-corrected chi connectivity index (χ3v) is 12.1. The van der Waals surface area contributed by atoms with Crippen LogP contribution in [-0.4, -0.2) is 126 Å². The highest BCUT2D eigenvalue weighted by Gasteiger charge is 2.56. The molecule has 2 saturated heterocycles. The number of carbonyl (C=O) groups is 4. The Labute approximate surface area is 340 Å². The summed E-state index contributed by atoms with van der Waals surface area (Å²) in [5.41, 5.74) is 1.61. The number of hydrogen-bond acceptors (Lipinski definition) is 12. The fourth-order valence-corrected chi connectivity index (χ4v) is 8.69. The summed E-state index contributed by atoms with van der Waals surface area (Å²) in [5.74, 6) is -7.49. The molecule has 1 aliphatic carbocycles. The normalized spacial score (nSPS) is 30.9. The zero-order valence-corrected chi connectivity index (χ0v) is 36.0. The van der Waals surface area contributed by atoms with Crippen LogP contribution in [0.25, 0.3) is 0 Å². The number of ether oxygens (including phenoxy) is 5. The number of ketones is 2. The van der Waals surface area contributed by atoms with E-state index in [1.165, 1.54) is 14.2 Å². The topological polar surface area (TPSA) is 178 Å². The lowest BCUT2D eigenvalue weighted by Crippen LogP contribution is -2.63. The van der Waals surface area contributed by atoms with Gasteiger partial charge in [0.2, 0.25) is 5.79 Å². The van der Waals surface area contributed by atoms with Gasteiger partial charge >= 0.3 is 5.97 Å². The Morgan fingerprint density at radius 2 is 1.67 bits per heavy atom. The Balaban J connectivity index is 1.90. The van der Waals surface area contributed by atoms with Gasteiger partial charge < -0.3 is 43.9 Å². The number of aliphatic hydroxyl groups excluding tert-OH is 2. The van der Waals surface area contributed by atoms with Gasteiger partial charge in [0.1, 0.15) is 24.0 Å². The first-order chi connectivity index (χ1) is 26.8. The molecule has 13 unspecified atom stereocenters. The number of likely N-dealkylation sites (tertiary alicyclic amines) is 1. The second-order valence-corrected chi connectivity index (χ2v) is 17.2. The maximum atomic E-state index is 14.2. The van der Waals surface area contributed by atoms with Gasteiger partial charge in [-0.05, 0) is 89.5 Å². The van der Waals surface area contributed by atoms with E-state index in [-0.39, 0.29) is 49.5 Å². The molecule has 0 aromatic carbocycles. The molecule has 13 atom stereocenters. The van der Waals surface area contributed by atoms with E-state index in [4.69, 9.17) is 23.7 Å². The van der Waals surface area contributed by atoms with Crippen LogP contribution in [-0.2, 0) is 42.9 Å². The highest BCUT2D eigenvalue weighted by Crippen LogP contribution is 2.39. The molecule has 0 radical (unpaired) electrons. The van der Waals surface area contributed by atoms with Crippen molar-refractivity contribution in [2.75, 3.05) is 27.9 Å². The van der Waals surface area contributed by atoms with Crippen molar-refractivity contribution in [1.82, 2.24) is 4.90 Å². The number of nitrogens with zero attached hydrogens (tertiary/aromatic N) is 1. The largest absolute Gasteiger partial charge is 0.456 e. The average molecular weight is 806 g/mol. The first-order valence-corrected chi connectivity index (χ1v) is 20.7. The van der Waals surface area contributed by atoms with Gasteiger partial charge in [0.15, 0.2) is 0 Å². The van der Waals surface area contributed by atoms with Crippen molar-refractivity contribution in [2.24, 2.45) is 29.6 Å². The molecule has 0 aromatic rings. The van der Waals surface area contributed by atoms with E-state index < -0.39 is 83.9 Å². The van der Waals surface area contributed by atoms with E-state index in [1.807, 2.05) is 39.8 Å². The first kappa shape index (κ1) is 48.6. The van der Waals surface area contributed by atoms with Crippen molar-refractivity contribution in [3.05, 3.63) is 36.0 Å². The minimum atomic E-state index is -2.49. The fraction of sp³-hybridized carbons (Fsp3) is 0.773. The minimum Gasteiger partial charge on any atom is -0.456 e. The van der Waals surface area contributed by atoms with Crippen molar-refractivity contribution in [1.29, 1.82) is 0 Å². The number of carbonyl (C=O) groups excluding carboxylic acids is 4. The summed E-state index contributed by atoms with van der Waals surface area (Å²) < 4.78 is 29.2. The molecule has 3 rings (SSSR count). The zero-order chi connectivity index (χ0) is 42.8. The van der Waals surface area contributed by atoms with Gasteiger partial charge in [-0.1, -0.05) is 51.5 Å². The molecule has 2 heterocycles.